The Morgan fingerprint density at radius 1 is 1.50 bits per heavy atom. The number of pyridine rings is 1. The van der Waals surface area contributed by atoms with Gasteiger partial charge in [-0.3, -0.25) is 4.79 Å². The maximum Gasteiger partial charge on any atom is 0.257 e. The van der Waals surface area contributed by atoms with Gasteiger partial charge in [0.05, 0.1) is 5.92 Å². The van der Waals surface area contributed by atoms with Gasteiger partial charge in [-0.25, -0.2) is 8.78 Å². The molecule has 0 bridgehead atoms. The number of hydrogen-bond donors (Lipinski definition) is 1. The van der Waals surface area contributed by atoms with Crippen molar-refractivity contribution >= 4 is 12.4 Å². The van der Waals surface area contributed by atoms with Gasteiger partial charge in [0.15, 0.2) is 0 Å². The van der Waals surface area contributed by atoms with E-state index < -0.39 is 11.8 Å². The second kappa shape index (κ2) is 5.80. The molecule has 102 valence electrons. The van der Waals surface area contributed by atoms with E-state index in [9.17, 15) is 13.6 Å². The average molecular weight is 279 g/mol. The monoisotopic (exact) mass is 278 g/mol. The van der Waals surface area contributed by atoms with Gasteiger partial charge in [0, 0.05) is 38.3 Å². The molecule has 1 aliphatic rings. The molecule has 18 heavy (non-hydrogen) atoms. The fourth-order valence-electron chi connectivity index (χ4n) is 2.19. The third-order valence-electron chi connectivity index (χ3n) is 3.24. The number of piperidine rings is 1. The van der Waals surface area contributed by atoms with Crippen LogP contribution in [0.4, 0.5) is 8.78 Å². The SMILES string of the molecule is CCn1cc(C2CNCCC2(F)F)ccc1=O.Cl. The van der Waals surface area contributed by atoms with Gasteiger partial charge in [-0.05, 0) is 12.5 Å². The van der Waals surface area contributed by atoms with Crippen LogP contribution in [-0.2, 0) is 6.54 Å². The predicted molar refractivity (Wildman–Crippen MR) is 68.8 cm³/mol. The van der Waals surface area contributed by atoms with Crippen molar-refractivity contribution in [1.29, 1.82) is 0 Å². The van der Waals surface area contributed by atoms with Gasteiger partial charge in [0.25, 0.3) is 11.5 Å². The number of aromatic nitrogens is 1. The highest BCUT2D eigenvalue weighted by Crippen LogP contribution is 2.37. The van der Waals surface area contributed by atoms with Gasteiger partial charge in [-0.1, -0.05) is 6.07 Å². The third-order valence-corrected chi connectivity index (χ3v) is 3.24. The zero-order chi connectivity index (χ0) is 12.5. The lowest BCUT2D eigenvalue weighted by Crippen LogP contribution is -2.43. The van der Waals surface area contributed by atoms with Crippen LogP contribution in [0.1, 0.15) is 24.8 Å². The fourth-order valence-corrected chi connectivity index (χ4v) is 2.19. The van der Waals surface area contributed by atoms with Crippen LogP contribution in [0, 0.1) is 0 Å². The summed E-state index contributed by atoms with van der Waals surface area (Å²) in [5.41, 5.74) is 0.381. The Balaban J connectivity index is 0.00000162. The number of nitrogens with one attached hydrogen (secondary N) is 1. The summed E-state index contributed by atoms with van der Waals surface area (Å²) in [7, 11) is 0. The predicted octanol–water partition coefficient (Wildman–Crippen LogP) is 2.00. The molecular formula is C12H17ClF2N2O. The molecule has 0 radical (unpaired) electrons. The Morgan fingerprint density at radius 3 is 2.83 bits per heavy atom. The topological polar surface area (TPSA) is 34.0 Å². The Bertz CT molecular complexity index is 462. The number of aryl methyl sites for hydroxylation is 1. The molecule has 2 rings (SSSR count). The van der Waals surface area contributed by atoms with E-state index in [1.54, 1.807) is 6.20 Å². The third kappa shape index (κ3) is 2.90. The number of nitrogens with zero attached hydrogens (tertiary/aromatic N) is 1. The van der Waals surface area contributed by atoms with E-state index in [1.807, 2.05) is 6.92 Å². The van der Waals surface area contributed by atoms with Gasteiger partial charge in [0.1, 0.15) is 0 Å². The van der Waals surface area contributed by atoms with Crippen LogP contribution >= 0.6 is 12.4 Å². The lowest BCUT2D eigenvalue weighted by atomic mass is 9.89. The minimum Gasteiger partial charge on any atom is -0.316 e. The first-order chi connectivity index (χ1) is 8.04. The van der Waals surface area contributed by atoms with Gasteiger partial charge >= 0.3 is 0 Å². The number of alkyl halides is 2. The molecule has 0 amide bonds. The molecule has 1 aromatic heterocycles. The van der Waals surface area contributed by atoms with Gasteiger partial charge < -0.3 is 9.88 Å². The van der Waals surface area contributed by atoms with Crippen LogP contribution in [0.15, 0.2) is 23.1 Å². The van der Waals surface area contributed by atoms with E-state index in [0.717, 1.165) is 0 Å². The molecule has 0 aromatic carbocycles. The van der Waals surface area contributed by atoms with E-state index >= 15 is 0 Å². The van der Waals surface area contributed by atoms with Crippen molar-refractivity contribution in [2.45, 2.75) is 31.7 Å². The van der Waals surface area contributed by atoms with Gasteiger partial charge in [-0.15, -0.1) is 12.4 Å². The van der Waals surface area contributed by atoms with Crippen LogP contribution in [0.5, 0.6) is 0 Å². The minimum atomic E-state index is -2.69. The van der Waals surface area contributed by atoms with Crippen molar-refractivity contribution in [3.63, 3.8) is 0 Å². The van der Waals surface area contributed by atoms with Gasteiger partial charge in [-0.2, -0.15) is 0 Å². The van der Waals surface area contributed by atoms with Crippen LogP contribution in [0.2, 0.25) is 0 Å². The highest BCUT2D eigenvalue weighted by molar-refractivity contribution is 5.85. The summed E-state index contributed by atoms with van der Waals surface area (Å²) in [5, 5.41) is 2.97. The zero-order valence-electron chi connectivity index (χ0n) is 10.2. The van der Waals surface area contributed by atoms with Crippen molar-refractivity contribution in [2.75, 3.05) is 13.1 Å². The van der Waals surface area contributed by atoms with Crippen molar-refractivity contribution < 1.29 is 8.78 Å². The Morgan fingerprint density at radius 2 is 2.22 bits per heavy atom. The first-order valence-electron chi connectivity index (χ1n) is 5.83. The van der Waals surface area contributed by atoms with Crippen LogP contribution in [-0.4, -0.2) is 23.6 Å². The van der Waals surface area contributed by atoms with E-state index in [4.69, 9.17) is 0 Å². The molecule has 1 aliphatic heterocycles. The van der Waals surface area contributed by atoms with Crippen LogP contribution in [0.25, 0.3) is 0 Å². The summed E-state index contributed by atoms with van der Waals surface area (Å²) in [4.78, 5) is 11.4. The average Bonchev–Trinajstić information content (AvgIpc) is 2.30. The van der Waals surface area contributed by atoms with E-state index in [1.165, 1.54) is 16.7 Å². The molecule has 1 fully saturated rings. The maximum atomic E-state index is 13.8. The summed E-state index contributed by atoms with van der Waals surface area (Å²) in [6, 6.07) is 2.88. The zero-order valence-corrected chi connectivity index (χ0v) is 11.0. The van der Waals surface area contributed by atoms with E-state index in [-0.39, 0.29) is 30.9 Å². The molecule has 1 atom stereocenters. The molecule has 0 saturated carbocycles. The molecule has 0 aliphatic carbocycles. The first-order valence-corrected chi connectivity index (χ1v) is 5.83. The number of rotatable bonds is 2. The van der Waals surface area contributed by atoms with Crippen LogP contribution < -0.4 is 10.9 Å². The van der Waals surface area contributed by atoms with Crippen molar-refractivity contribution in [2.24, 2.45) is 0 Å². The normalized spacial score (nSPS) is 22.3. The minimum absolute atomic E-state index is 0. The fraction of sp³-hybridized carbons (Fsp3) is 0.583. The smallest absolute Gasteiger partial charge is 0.257 e. The number of halogens is 3. The summed E-state index contributed by atoms with van der Waals surface area (Å²) < 4.78 is 29.0. The summed E-state index contributed by atoms with van der Waals surface area (Å²) in [5.74, 6) is -3.53. The maximum absolute atomic E-state index is 13.8. The van der Waals surface area contributed by atoms with Crippen LogP contribution in [0.3, 0.4) is 0 Å². The second-order valence-corrected chi connectivity index (χ2v) is 4.35. The Kier molecular flexibility index (Phi) is 4.87. The number of hydrogen-bond acceptors (Lipinski definition) is 2. The van der Waals surface area contributed by atoms with Gasteiger partial charge in [0.2, 0.25) is 0 Å². The highest BCUT2D eigenvalue weighted by atomic mass is 35.5. The first kappa shape index (κ1) is 15.1. The molecule has 1 N–H and O–H groups in total. The molecule has 2 heterocycles. The summed E-state index contributed by atoms with van der Waals surface area (Å²) >= 11 is 0. The Hall–Kier alpha value is -0.940. The Labute approximate surface area is 111 Å². The van der Waals surface area contributed by atoms with Crippen molar-refractivity contribution in [1.82, 2.24) is 9.88 Å². The molecule has 1 unspecified atom stereocenters. The molecule has 3 nitrogen and oxygen atoms in total. The molecule has 0 spiro atoms. The second-order valence-electron chi connectivity index (χ2n) is 4.35. The summed E-state index contributed by atoms with van der Waals surface area (Å²) in [6.07, 6.45) is 1.40. The molecule has 1 saturated heterocycles. The quantitative estimate of drug-likeness (QED) is 0.898. The van der Waals surface area contributed by atoms with Crippen molar-refractivity contribution in [3.8, 4) is 0 Å². The summed E-state index contributed by atoms with van der Waals surface area (Å²) in [6.45, 7) is 2.92. The molecular weight excluding hydrogens is 262 g/mol. The lowest BCUT2D eigenvalue weighted by molar-refractivity contribution is -0.0481. The lowest BCUT2D eigenvalue weighted by Gasteiger charge is -2.32. The van der Waals surface area contributed by atoms with E-state index in [0.29, 0.717) is 18.7 Å². The standard InChI is InChI=1S/C12H16F2N2O.ClH/c1-2-16-8-9(3-4-11(16)17)10-7-15-6-5-12(10,13)14;/h3-4,8,10,15H,2,5-7H2,1H3;1H. The largest absolute Gasteiger partial charge is 0.316 e. The highest BCUT2D eigenvalue weighted by Gasteiger charge is 2.42. The molecule has 1 aromatic rings. The van der Waals surface area contributed by atoms with Crippen molar-refractivity contribution in [3.05, 3.63) is 34.2 Å². The molecule has 6 heteroatoms. The van der Waals surface area contributed by atoms with E-state index in [2.05, 4.69) is 5.32 Å².